The number of halogens is 3. The molecular weight excluding hydrogens is 412 g/mol. The minimum atomic E-state index is -0.492. The van der Waals surface area contributed by atoms with Crippen molar-refractivity contribution in [1.29, 1.82) is 0 Å². The van der Waals surface area contributed by atoms with E-state index in [9.17, 15) is 9.18 Å². The molecule has 0 spiro atoms. The summed E-state index contributed by atoms with van der Waals surface area (Å²) in [6.45, 7) is 2.10. The van der Waals surface area contributed by atoms with Crippen LogP contribution >= 0.6 is 23.2 Å². The van der Waals surface area contributed by atoms with Crippen LogP contribution in [0.25, 0.3) is 0 Å². The van der Waals surface area contributed by atoms with Gasteiger partial charge in [0.25, 0.3) is 0 Å². The number of benzene rings is 2. The fourth-order valence-electron chi connectivity index (χ4n) is 4.18. The van der Waals surface area contributed by atoms with Crippen molar-refractivity contribution in [3.05, 3.63) is 92.3 Å². The van der Waals surface area contributed by atoms with E-state index in [2.05, 4.69) is 11.9 Å². The van der Waals surface area contributed by atoms with E-state index in [0.29, 0.717) is 16.6 Å². The van der Waals surface area contributed by atoms with Crippen molar-refractivity contribution in [3.63, 3.8) is 0 Å². The summed E-state index contributed by atoms with van der Waals surface area (Å²) in [5, 5.41) is 1.08. The highest BCUT2D eigenvalue weighted by atomic mass is 35.5. The molecule has 1 saturated heterocycles. The van der Waals surface area contributed by atoms with Crippen molar-refractivity contribution in [2.45, 2.75) is 24.9 Å². The maximum Gasteiger partial charge on any atom is 0.329 e. The predicted octanol–water partition coefficient (Wildman–Crippen LogP) is 4.61. The fourth-order valence-corrected chi connectivity index (χ4v) is 4.75. The molecule has 3 aromatic rings. The Morgan fingerprint density at radius 3 is 2.24 bits per heavy atom. The second-order valence-electron chi connectivity index (χ2n) is 7.70. The van der Waals surface area contributed by atoms with Crippen molar-refractivity contribution >= 4 is 23.2 Å². The molecule has 29 heavy (non-hydrogen) atoms. The molecule has 0 aliphatic carbocycles. The van der Waals surface area contributed by atoms with Gasteiger partial charge < -0.3 is 4.90 Å². The summed E-state index contributed by atoms with van der Waals surface area (Å²) < 4.78 is 17.0. The number of piperidine rings is 1. The molecule has 7 heteroatoms. The van der Waals surface area contributed by atoms with Crippen LogP contribution in [0.1, 0.15) is 24.0 Å². The number of likely N-dealkylation sites (tertiary alicyclic amines) is 1. The number of hydrogen-bond acceptors (Lipinski definition) is 2. The molecule has 1 aliphatic rings. The first kappa shape index (κ1) is 20.2. The van der Waals surface area contributed by atoms with Crippen LogP contribution in [0.5, 0.6) is 0 Å². The molecule has 1 aromatic heterocycles. The first-order valence-corrected chi connectivity index (χ1v) is 10.3. The number of aromatic nitrogens is 2. The van der Waals surface area contributed by atoms with Gasteiger partial charge in [-0.05, 0) is 61.3 Å². The first-order chi connectivity index (χ1) is 13.9. The zero-order valence-electron chi connectivity index (χ0n) is 16.1. The van der Waals surface area contributed by atoms with Crippen LogP contribution in [0.2, 0.25) is 10.0 Å². The molecule has 2 aromatic carbocycles. The van der Waals surface area contributed by atoms with Crippen LogP contribution in [0.15, 0.2) is 59.7 Å². The van der Waals surface area contributed by atoms with Crippen molar-refractivity contribution in [2.75, 3.05) is 20.1 Å². The Bertz CT molecular complexity index is 1050. The molecule has 4 nitrogen and oxygen atoms in total. The van der Waals surface area contributed by atoms with Crippen molar-refractivity contribution in [3.8, 4) is 0 Å². The average Bonchev–Trinajstić information content (AvgIpc) is 3.03. The maximum atomic E-state index is 13.5. The lowest BCUT2D eigenvalue weighted by atomic mass is 9.80. The van der Waals surface area contributed by atoms with E-state index in [1.54, 1.807) is 33.5 Å². The normalized spacial score (nSPS) is 16.8. The van der Waals surface area contributed by atoms with E-state index >= 15 is 0 Å². The van der Waals surface area contributed by atoms with E-state index in [-0.39, 0.29) is 11.5 Å². The van der Waals surface area contributed by atoms with E-state index in [1.807, 2.05) is 18.3 Å². The third-order valence-electron chi connectivity index (χ3n) is 5.78. The predicted molar refractivity (Wildman–Crippen MR) is 114 cm³/mol. The minimum absolute atomic E-state index is 0.102. The summed E-state index contributed by atoms with van der Waals surface area (Å²) in [5.41, 5.74) is 1.23. The number of imidazole rings is 1. The summed E-state index contributed by atoms with van der Waals surface area (Å²) in [6.07, 6.45) is 5.19. The van der Waals surface area contributed by atoms with Crippen molar-refractivity contribution < 1.29 is 4.39 Å². The van der Waals surface area contributed by atoms with Gasteiger partial charge in [0.05, 0.1) is 12.1 Å². The van der Waals surface area contributed by atoms with Crippen LogP contribution < -0.4 is 5.69 Å². The largest absolute Gasteiger partial charge is 0.329 e. The number of hydrogen-bond donors (Lipinski definition) is 0. The van der Waals surface area contributed by atoms with Crippen molar-refractivity contribution in [2.24, 2.45) is 0 Å². The summed E-state index contributed by atoms with van der Waals surface area (Å²) in [7, 11) is 2.07. The molecule has 2 heterocycles. The zero-order chi connectivity index (χ0) is 20.6. The zero-order valence-corrected chi connectivity index (χ0v) is 17.6. The van der Waals surface area contributed by atoms with Crippen LogP contribution in [-0.2, 0) is 12.1 Å². The van der Waals surface area contributed by atoms with Gasteiger partial charge in [0.15, 0.2) is 0 Å². The molecule has 0 amide bonds. The van der Waals surface area contributed by atoms with Crippen LogP contribution in [0, 0.1) is 5.82 Å². The monoisotopic (exact) mass is 433 g/mol. The van der Waals surface area contributed by atoms with Gasteiger partial charge >= 0.3 is 5.69 Å². The van der Waals surface area contributed by atoms with E-state index in [4.69, 9.17) is 23.2 Å². The minimum Gasteiger partial charge on any atom is -0.306 e. The summed E-state index contributed by atoms with van der Waals surface area (Å²) in [4.78, 5) is 15.6. The van der Waals surface area contributed by atoms with Gasteiger partial charge in [-0.2, -0.15) is 0 Å². The third-order valence-corrected chi connectivity index (χ3v) is 6.22. The standard InChI is InChI=1S/C22H22Cl2FN3O/c1-26-8-6-22(7-9-26,17-2-4-20(25)5-3-17)28-11-10-27(21(28)29)15-16-12-18(23)14-19(24)13-16/h2-5,10-14H,6-9,15H2,1H3. The molecule has 0 radical (unpaired) electrons. The average molecular weight is 434 g/mol. The van der Waals surface area contributed by atoms with Gasteiger partial charge in [-0.15, -0.1) is 0 Å². The molecule has 0 atom stereocenters. The van der Waals surface area contributed by atoms with E-state index in [1.165, 1.54) is 12.1 Å². The molecule has 0 N–H and O–H groups in total. The molecule has 1 fully saturated rings. The fraction of sp³-hybridized carbons (Fsp3) is 0.318. The summed E-state index contributed by atoms with van der Waals surface area (Å²) >= 11 is 12.2. The van der Waals surface area contributed by atoms with Gasteiger partial charge in [-0.1, -0.05) is 35.3 Å². The topological polar surface area (TPSA) is 30.2 Å². The van der Waals surface area contributed by atoms with E-state index in [0.717, 1.165) is 37.1 Å². The lowest BCUT2D eigenvalue weighted by Crippen LogP contribution is -2.49. The third kappa shape index (κ3) is 4.00. The maximum absolute atomic E-state index is 13.5. The molecular formula is C22H22Cl2FN3O. The van der Waals surface area contributed by atoms with Crippen molar-refractivity contribution in [1.82, 2.24) is 14.0 Å². The highest BCUT2D eigenvalue weighted by molar-refractivity contribution is 6.34. The Morgan fingerprint density at radius 1 is 1.00 bits per heavy atom. The van der Waals surface area contributed by atoms with Gasteiger partial charge in [0.1, 0.15) is 5.82 Å². The summed E-state index contributed by atoms with van der Waals surface area (Å²) in [6, 6.07) is 11.8. The van der Waals surface area contributed by atoms with Gasteiger partial charge in [-0.3, -0.25) is 9.13 Å². The molecule has 4 rings (SSSR count). The molecule has 1 aliphatic heterocycles. The number of rotatable bonds is 4. The van der Waals surface area contributed by atoms with Crippen LogP contribution in [0.4, 0.5) is 4.39 Å². The molecule has 0 saturated carbocycles. The second kappa shape index (κ2) is 7.98. The second-order valence-corrected chi connectivity index (χ2v) is 8.57. The SMILES string of the molecule is CN1CCC(c2ccc(F)cc2)(n2ccn(Cc3cc(Cl)cc(Cl)c3)c2=O)CC1. The van der Waals surface area contributed by atoms with Gasteiger partial charge in [-0.25, -0.2) is 9.18 Å². The van der Waals surface area contributed by atoms with Gasteiger partial charge in [0.2, 0.25) is 0 Å². The first-order valence-electron chi connectivity index (χ1n) is 9.55. The highest BCUT2D eigenvalue weighted by Crippen LogP contribution is 2.36. The molecule has 152 valence electrons. The Morgan fingerprint density at radius 2 is 1.62 bits per heavy atom. The molecule has 0 bridgehead atoms. The van der Waals surface area contributed by atoms with E-state index < -0.39 is 5.54 Å². The Balaban J connectivity index is 1.74. The lowest BCUT2D eigenvalue weighted by Gasteiger charge is -2.41. The molecule has 0 unspecified atom stereocenters. The number of nitrogens with zero attached hydrogens (tertiary/aromatic N) is 3. The Labute approximate surface area is 179 Å². The summed E-state index contributed by atoms with van der Waals surface area (Å²) in [5.74, 6) is -0.278. The Kier molecular flexibility index (Phi) is 5.56. The quantitative estimate of drug-likeness (QED) is 0.600. The van der Waals surface area contributed by atoms with Crippen LogP contribution in [0.3, 0.4) is 0 Å². The highest BCUT2D eigenvalue weighted by Gasteiger charge is 2.38. The lowest BCUT2D eigenvalue weighted by molar-refractivity contribution is 0.158. The smallest absolute Gasteiger partial charge is 0.306 e. The Hall–Kier alpha value is -2.08. The van der Waals surface area contributed by atoms with Gasteiger partial charge in [0, 0.05) is 35.5 Å². The van der Waals surface area contributed by atoms with Crippen LogP contribution in [-0.4, -0.2) is 34.2 Å².